The Kier molecular flexibility index (Phi) is 11.7. The first-order valence-electron chi connectivity index (χ1n) is 15.8. The molecule has 0 fully saturated rings. The van der Waals surface area contributed by atoms with Gasteiger partial charge in [-0.3, -0.25) is 19.7 Å². The van der Waals surface area contributed by atoms with E-state index in [1.165, 1.54) is 6.07 Å². The van der Waals surface area contributed by atoms with Crippen LogP contribution in [0, 0.1) is 22.7 Å². The van der Waals surface area contributed by atoms with E-state index in [0.29, 0.717) is 16.7 Å². The third kappa shape index (κ3) is 10.00. The van der Waals surface area contributed by atoms with Gasteiger partial charge in [-0.25, -0.2) is 0 Å². The highest BCUT2D eigenvalue weighted by atomic mass is 16.2. The molecule has 49 heavy (non-hydrogen) atoms. The number of nitriles is 2. The second-order valence-corrected chi connectivity index (χ2v) is 11.4. The molecule has 5 rings (SSSR count). The molecule has 2 aromatic heterocycles. The van der Waals surface area contributed by atoms with Crippen LogP contribution in [0.5, 0.6) is 0 Å². The van der Waals surface area contributed by atoms with Gasteiger partial charge in [0.1, 0.15) is 6.07 Å². The first kappa shape index (κ1) is 33.9. The number of hydrogen-bond acceptors (Lipinski definition) is 9. The molecule has 10 nitrogen and oxygen atoms in total. The van der Waals surface area contributed by atoms with Crippen LogP contribution in [0.4, 0.5) is 22.7 Å². The quantitative estimate of drug-likeness (QED) is 0.0952. The van der Waals surface area contributed by atoms with Gasteiger partial charge < -0.3 is 21.3 Å². The minimum absolute atomic E-state index is 0.132. The van der Waals surface area contributed by atoms with Crippen LogP contribution in [-0.2, 0) is 17.9 Å². The van der Waals surface area contributed by atoms with Crippen LogP contribution in [0.2, 0.25) is 0 Å². The normalized spacial score (nSPS) is 10.8. The van der Waals surface area contributed by atoms with Gasteiger partial charge >= 0.3 is 0 Å². The van der Waals surface area contributed by atoms with Crippen LogP contribution in [0.3, 0.4) is 0 Å². The number of nitrogens with one attached hydrogen (secondary N) is 2. The van der Waals surface area contributed by atoms with Gasteiger partial charge in [0.25, 0.3) is 0 Å². The third-order valence-electron chi connectivity index (χ3n) is 7.78. The zero-order valence-corrected chi connectivity index (χ0v) is 27.3. The number of carbonyl (C=O) groups excluding carboxylic acids is 1. The van der Waals surface area contributed by atoms with E-state index in [0.717, 1.165) is 60.2 Å². The molecule has 0 saturated carbocycles. The van der Waals surface area contributed by atoms with E-state index < -0.39 is 0 Å². The van der Waals surface area contributed by atoms with Gasteiger partial charge in [0.05, 0.1) is 40.8 Å². The predicted molar refractivity (Wildman–Crippen MR) is 195 cm³/mol. The molecule has 0 saturated heterocycles. The average molecular weight is 648 g/mol. The Morgan fingerprint density at radius 3 is 2.04 bits per heavy atom. The highest BCUT2D eigenvalue weighted by Crippen LogP contribution is 2.22. The Bertz CT molecular complexity index is 1910. The molecule has 0 bridgehead atoms. The number of nitrogen functional groups attached to an aromatic ring is 1. The maximum absolute atomic E-state index is 12.8. The molecule has 4 N–H and O–H groups in total. The summed E-state index contributed by atoms with van der Waals surface area (Å²) in [6, 6.07) is 34.6. The SMILES string of the molecule is CN(CC(=O)Nc1ccc(NCCN(Cc2ccccn2)Cc2ccccn2)cc1)c1ccc(/C=C/c2cc(C#N)c(N)cc2C#N)cc1. The number of amides is 1. The summed E-state index contributed by atoms with van der Waals surface area (Å²) in [4.78, 5) is 26.0. The Hall–Kier alpha value is -6.49. The van der Waals surface area contributed by atoms with Gasteiger partial charge in [0.2, 0.25) is 5.91 Å². The summed E-state index contributed by atoms with van der Waals surface area (Å²) in [6.07, 6.45) is 7.28. The second kappa shape index (κ2) is 16.9. The topological polar surface area (TPSA) is 147 Å². The van der Waals surface area contributed by atoms with Crippen LogP contribution >= 0.6 is 0 Å². The van der Waals surface area contributed by atoms with E-state index in [1.54, 1.807) is 12.1 Å². The summed E-state index contributed by atoms with van der Waals surface area (Å²) in [7, 11) is 1.86. The Balaban J connectivity index is 1.09. The zero-order chi connectivity index (χ0) is 34.4. The molecule has 5 aromatic rings. The minimum atomic E-state index is -0.132. The number of nitrogens with two attached hydrogens (primary N) is 1. The Morgan fingerprint density at radius 2 is 1.45 bits per heavy atom. The molecule has 244 valence electrons. The monoisotopic (exact) mass is 647 g/mol. The van der Waals surface area contributed by atoms with E-state index in [4.69, 9.17) is 5.73 Å². The summed E-state index contributed by atoms with van der Waals surface area (Å²) in [6.45, 7) is 3.14. The van der Waals surface area contributed by atoms with Gasteiger partial charge in [0.15, 0.2) is 0 Å². The highest BCUT2D eigenvalue weighted by molar-refractivity contribution is 5.94. The molecule has 1 amide bonds. The number of pyridine rings is 2. The Labute approximate surface area is 286 Å². The van der Waals surface area contributed by atoms with Crippen molar-refractivity contribution < 1.29 is 4.79 Å². The van der Waals surface area contributed by atoms with Gasteiger partial charge in [-0.15, -0.1) is 0 Å². The molecule has 10 heteroatoms. The number of benzene rings is 3. The van der Waals surface area contributed by atoms with E-state index in [2.05, 4.69) is 31.6 Å². The van der Waals surface area contributed by atoms with Crippen LogP contribution in [-0.4, -0.2) is 47.5 Å². The molecule has 0 atom stereocenters. The molecule has 0 aliphatic heterocycles. The maximum atomic E-state index is 12.8. The molecule has 2 heterocycles. The van der Waals surface area contributed by atoms with Crippen molar-refractivity contribution in [2.45, 2.75) is 13.1 Å². The summed E-state index contributed by atoms with van der Waals surface area (Å²) in [5.74, 6) is -0.132. The van der Waals surface area contributed by atoms with Crippen LogP contribution < -0.4 is 21.3 Å². The summed E-state index contributed by atoms with van der Waals surface area (Å²) in [5, 5.41) is 25.2. The standard InChI is InChI=1S/C39H37N9O/c1-47(37-16-9-29(10-17-37)8-11-30-22-32(25-41)38(42)23-31(30)24-40)28-39(49)46-34-14-12-33(13-15-34)45-20-21-48(26-35-6-2-4-18-43-35)27-36-7-3-5-19-44-36/h2-19,22-23,45H,20-21,26-28,42H2,1H3,(H,46,49)/b11-8+. The number of likely N-dealkylation sites (N-methyl/N-ethyl adjacent to an activating group) is 1. The molecule has 0 aliphatic rings. The predicted octanol–water partition coefficient (Wildman–Crippen LogP) is 6.16. The van der Waals surface area contributed by atoms with Gasteiger partial charge in [-0.2, -0.15) is 10.5 Å². The van der Waals surface area contributed by atoms with Crippen molar-refractivity contribution in [3.05, 3.63) is 143 Å². The lowest BCUT2D eigenvalue weighted by atomic mass is 10.0. The number of nitrogens with zero attached hydrogens (tertiary/aromatic N) is 6. The molecule has 0 aliphatic carbocycles. The second-order valence-electron chi connectivity index (χ2n) is 11.4. The maximum Gasteiger partial charge on any atom is 0.243 e. The fraction of sp³-hybridized carbons (Fsp3) is 0.154. The fourth-order valence-corrected chi connectivity index (χ4v) is 5.18. The highest BCUT2D eigenvalue weighted by Gasteiger charge is 2.11. The van der Waals surface area contributed by atoms with Gasteiger partial charge in [0, 0.05) is 62.7 Å². The summed E-state index contributed by atoms with van der Waals surface area (Å²) in [5.41, 5.74) is 13.0. The van der Waals surface area contributed by atoms with Crippen LogP contribution in [0.1, 0.15) is 33.6 Å². The number of hydrogen-bond donors (Lipinski definition) is 3. The van der Waals surface area contributed by atoms with Crippen molar-refractivity contribution in [3.8, 4) is 12.1 Å². The molecular formula is C39H37N9O. The summed E-state index contributed by atoms with van der Waals surface area (Å²) < 4.78 is 0. The number of carbonyl (C=O) groups is 1. The van der Waals surface area contributed by atoms with Crippen molar-refractivity contribution in [1.29, 1.82) is 10.5 Å². The van der Waals surface area contributed by atoms with Gasteiger partial charge in [-0.05, 0) is 83.9 Å². The fourth-order valence-electron chi connectivity index (χ4n) is 5.18. The molecule has 0 radical (unpaired) electrons. The molecular weight excluding hydrogens is 610 g/mol. The minimum Gasteiger partial charge on any atom is -0.398 e. The van der Waals surface area contributed by atoms with Crippen molar-refractivity contribution in [1.82, 2.24) is 14.9 Å². The van der Waals surface area contributed by atoms with E-state index in [-0.39, 0.29) is 18.1 Å². The van der Waals surface area contributed by atoms with Crippen molar-refractivity contribution in [2.75, 3.05) is 47.9 Å². The lowest BCUT2D eigenvalue weighted by molar-refractivity contribution is -0.114. The Morgan fingerprint density at radius 1 is 0.816 bits per heavy atom. The molecule has 0 unspecified atom stereocenters. The van der Waals surface area contributed by atoms with Crippen LogP contribution in [0.15, 0.2) is 109 Å². The molecule has 0 spiro atoms. The largest absolute Gasteiger partial charge is 0.398 e. The van der Waals surface area contributed by atoms with E-state index in [1.807, 2.05) is 121 Å². The first-order valence-corrected chi connectivity index (χ1v) is 15.8. The lowest BCUT2D eigenvalue weighted by Crippen LogP contribution is -2.30. The average Bonchev–Trinajstić information content (AvgIpc) is 3.12. The van der Waals surface area contributed by atoms with Crippen molar-refractivity contribution in [2.24, 2.45) is 0 Å². The van der Waals surface area contributed by atoms with E-state index >= 15 is 0 Å². The molecule has 3 aromatic carbocycles. The number of aromatic nitrogens is 2. The zero-order valence-electron chi connectivity index (χ0n) is 27.3. The van der Waals surface area contributed by atoms with Gasteiger partial charge in [-0.1, -0.05) is 36.4 Å². The van der Waals surface area contributed by atoms with Crippen LogP contribution in [0.25, 0.3) is 12.2 Å². The summed E-state index contributed by atoms with van der Waals surface area (Å²) >= 11 is 0. The number of anilines is 4. The van der Waals surface area contributed by atoms with Crippen molar-refractivity contribution in [3.63, 3.8) is 0 Å². The number of rotatable bonds is 14. The first-order chi connectivity index (χ1) is 23.9. The van der Waals surface area contributed by atoms with E-state index in [9.17, 15) is 15.3 Å². The lowest BCUT2D eigenvalue weighted by Gasteiger charge is -2.22. The smallest absolute Gasteiger partial charge is 0.243 e. The third-order valence-corrected chi connectivity index (χ3v) is 7.78. The van der Waals surface area contributed by atoms with Crippen molar-refractivity contribution >= 4 is 40.8 Å².